The summed E-state index contributed by atoms with van der Waals surface area (Å²) in [6, 6.07) is 6.27. The first-order chi connectivity index (χ1) is 6.70. The maximum absolute atomic E-state index is 5.97. The predicted octanol–water partition coefficient (Wildman–Crippen LogP) is 1.28. The number of anilines is 1. The molecule has 1 aliphatic heterocycles. The number of rotatable bonds is 1. The van der Waals surface area contributed by atoms with Crippen molar-refractivity contribution in [2.45, 2.75) is 12.6 Å². The van der Waals surface area contributed by atoms with Crippen molar-refractivity contribution in [2.24, 2.45) is 5.73 Å². The van der Waals surface area contributed by atoms with Gasteiger partial charge >= 0.3 is 0 Å². The minimum atomic E-state index is 0.0265. The number of benzene rings is 1. The molecule has 1 aliphatic rings. The molecule has 0 unspecified atom stereocenters. The zero-order valence-corrected chi connectivity index (χ0v) is 8.66. The minimum Gasteiger partial charge on any atom is -0.377 e. The molecule has 1 aromatic rings. The highest BCUT2D eigenvalue weighted by molar-refractivity contribution is 5.56. The van der Waals surface area contributed by atoms with Crippen LogP contribution in [-0.2, 0) is 11.3 Å². The molecule has 0 saturated carbocycles. The van der Waals surface area contributed by atoms with Crippen LogP contribution in [-0.4, -0.2) is 20.7 Å². The van der Waals surface area contributed by atoms with E-state index in [-0.39, 0.29) is 6.04 Å². The fraction of sp³-hybridized carbons (Fsp3) is 0.455. The van der Waals surface area contributed by atoms with Crippen molar-refractivity contribution in [3.8, 4) is 0 Å². The van der Waals surface area contributed by atoms with Crippen LogP contribution in [0.1, 0.15) is 17.2 Å². The van der Waals surface area contributed by atoms with Crippen molar-refractivity contribution in [1.29, 1.82) is 0 Å². The van der Waals surface area contributed by atoms with Gasteiger partial charge in [-0.15, -0.1) is 0 Å². The van der Waals surface area contributed by atoms with Gasteiger partial charge in [-0.25, -0.2) is 0 Å². The van der Waals surface area contributed by atoms with E-state index in [1.54, 1.807) is 0 Å². The zero-order valence-electron chi connectivity index (χ0n) is 8.66. The molecule has 0 amide bonds. The summed E-state index contributed by atoms with van der Waals surface area (Å²) in [6.45, 7) is 1.31. The number of nitrogens with zero attached hydrogens (tertiary/aromatic N) is 1. The largest absolute Gasteiger partial charge is 0.377 e. The van der Waals surface area contributed by atoms with Crippen LogP contribution in [0.3, 0.4) is 0 Å². The van der Waals surface area contributed by atoms with Crippen LogP contribution < -0.4 is 10.6 Å². The van der Waals surface area contributed by atoms with E-state index in [4.69, 9.17) is 10.5 Å². The number of hydrogen-bond acceptors (Lipinski definition) is 3. The fourth-order valence-electron chi connectivity index (χ4n) is 1.89. The molecular formula is C11H16N2O. The molecule has 0 aromatic heterocycles. The van der Waals surface area contributed by atoms with E-state index in [0.29, 0.717) is 13.2 Å². The molecular weight excluding hydrogens is 176 g/mol. The van der Waals surface area contributed by atoms with Gasteiger partial charge in [-0.1, -0.05) is 12.1 Å². The Morgan fingerprint density at radius 3 is 2.93 bits per heavy atom. The zero-order chi connectivity index (χ0) is 10.1. The monoisotopic (exact) mass is 192 g/mol. The SMILES string of the molecule is CN(C)c1cccc2c1COC[C@H]2N. The lowest BCUT2D eigenvalue weighted by atomic mass is 9.98. The molecule has 0 saturated heterocycles. The molecule has 2 N–H and O–H groups in total. The van der Waals surface area contributed by atoms with Crippen LogP contribution in [0, 0.1) is 0 Å². The van der Waals surface area contributed by atoms with E-state index in [0.717, 1.165) is 0 Å². The molecule has 0 bridgehead atoms. The molecule has 76 valence electrons. The van der Waals surface area contributed by atoms with Gasteiger partial charge in [0.05, 0.1) is 19.3 Å². The normalized spacial score (nSPS) is 20.4. The highest BCUT2D eigenvalue weighted by atomic mass is 16.5. The van der Waals surface area contributed by atoms with Gasteiger partial charge in [0.15, 0.2) is 0 Å². The first-order valence-corrected chi connectivity index (χ1v) is 4.82. The second-order valence-electron chi connectivity index (χ2n) is 3.86. The van der Waals surface area contributed by atoms with Crippen LogP contribution in [0.25, 0.3) is 0 Å². The van der Waals surface area contributed by atoms with Crippen LogP contribution in [0.4, 0.5) is 5.69 Å². The van der Waals surface area contributed by atoms with Crippen LogP contribution in [0.5, 0.6) is 0 Å². The Kier molecular flexibility index (Phi) is 2.44. The van der Waals surface area contributed by atoms with E-state index >= 15 is 0 Å². The van der Waals surface area contributed by atoms with Gasteiger partial charge in [0.2, 0.25) is 0 Å². The first-order valence-electron chi connectivity index (χ1n) is 4.82. The fourth-order valence-corrected chi connectivity index (χ4v) is 1.89. The lowest BCUT2D eigenvalue weighted by Gasteiger charge is -2.27. The van der Waals surface area contributed by atoms with E-state index in [2.05, 4.69) is 23.1 Å². The van der Waals surface area contributed by atoms with Crippen molar-refractivity contribution >= 4 is 5.69 Å². The van der Waals surface area contributed by atoms with Crippen molar-refractivity contribution in [2.75, 3.05) is 25.6 Å². The summed E-state index contributed by atoms with van der Waals surface area (Å²) in [7, 11) is 4.07. The molecule has 3 heteroatoms. The number of hydrogen-bond donors (Lipinski definition) is 1. The summed E-state index contributed by atoms with van der Waals surface area (Å²) in [6.07, 6.45) is 0. The Hall–Kier alpha value is -1.06. The minimum absolute atomic E-state index is 0.0265. The van der Waals surface area contributed by atoms with Gasteiger partial charge in [-0.2, -0.15) is 0 Å². The number of fused-ring (bicyclic) bond motifs is 1. The smallest absolute Gasteiger partial charge is 0.0741 e. The van der Waals surface area contributed by atoms with Crippen molar-refractivity contribution in [3.63, 3.8) is 0 Å². The summed E-state index contributed by atoms with van der Waals surface area (Å²) in [5.74, 6) is 0. The van der Waals surface area contributed by atoms with E-state index in [1.165, 1.54) is 16.8 Å². The molecule has 0 fully saturated rings. The lowest BCUT2D eigenvalue weighted by molar-refractivity contribution is 0.0927. The summed E-state index contributed by atoms with van der Waals surface area (Å²) in [4.78, 5) is 2.10. The van der Waals surface area contributed by atoms with Gasteiger partial charge in [0.1, 0.15) is 0 Å². The van der Waals surface area contributed by atoms with Crippen molar-refractivity contribution in [3.05, 3.63) is 29.3 Å². The van der Waals surface area contributed by atoms with Gasteiger partial charge in [0, 0.05) is 25.3 Å². The Bertz CT molecular complexity index is 322. The molecule has 0 aliphatic carbocycles. The molecule has 3 nitrogen and oxygen atoms in total. The third-order valence-electron chi connectivity index (χ3n) is 2.61. The highest BCUT2D eigenvalue weighted by Gasteiger charge is 2.19. The second kappa shape index (κ2) is 3.59. The van der Waals surface area contributed by atoms with Crippen molar-refractivity contribution < 1.29 is 4.74 Å². The summed E-state index contributed by atoms with van der Waals surface area (Å²) >= 11 is 0. The van der Waals surface area contributed by atoms with E-state index in [9.17, 15) is 0 Å². The molecule has 1 aromatic carbocycles. The predicted molar refractivity (Wildman–Crippen MR) is 57.4 cm³/mol. The van der Waals surface area contributed by atoms with Crippen molar-refractivity contribution in [1.82, 2.24) is 0 Å². The maximum Gasteiger partial charge on any atom is 0.0741 e. The maximum atomic E-state index is 5.97. The Balaban J connectivity index is 2.49. The number of ether oxygens (including phenoxy) is 1. The molecule has 14 heavy (non-hydrogen) atoms. The van der Waals surface area contributed by atoms with Gasteiger partial charge in [0.25, 0.3) is 0 Å². The Labute approximate surface area is 84.5 Å². The third kappa shape index (κ3) is 1.49. The summed E-state index contributed by atoms with van der Waals surface area (Å²) in [5, 5.41) is 0. The van der Waals surface area contributed by atoms with Crippen LogP contribution >= 0.6 is 0 Å². The number of nitrogens with two attached hydrogens (primary N) is 1. The van der Waals surface area contributed by atoms with Gasteiger partial charge in [-0.05, 0) is 11.6 Å². The Morgan fingerprint density at radius 2 is 2.21 bits per heavy atom. The van der Waals surface area contributed by atoms with Gasteiger partial charge in [-0.3, -0.25) is 0 Å². The molecule has 0 radical (unpaired) electrons. The first kappa shape index (κ1) is 9.49. The second-order valence-corrected chi connectivity index (χ2v) is 3.86. The quantitative estimate of drug-likeness (QED) is 0.728. The average molecular weight is 192 g/mol. The highest BCUT2D eigenvalue weighted by Crippen LogP contribution is 2.30. The molecule has 2 rings (SSSR count). The Morgan fingerprint density at radius 1 is 1.43 bits per heavy atom. The topological polar surface area (TPSA) is 38.5 Å². The summed E-state index contributed by atoms with van der Waals surface area (Å²) < 4.78 is 5.45. The third-order valence-corrected chi connectivity index (χ3v) is 2.61. The molecule has 1 atom stereocenters. The van der Waals surface area contributed by atoms with Gasteiger partial charge < -0.3 is 15.4 Å². The molecule has 0 spiro atoms. The van der Waals surface area contributed by atoms with E-state index < -0.39 is 0 Å². The average Bonchev–Trinajstić information content (AvgIpc) is 2.17. The van der Waals surface area contributed by atoms with Crippen LogP contribution in [0.15, 0.2) is 18.2 Å². The van der Waals surface area contributed by atoms with E-state index in [1.807, 2.05) is 14.1 Å². The lowest BCUT2D eigenvalue weighted by Crippen LogP contribution is -2.25. The van der Waals surface area contributed by atoms with Crippen LogP contribution in [0.2, 0.25) is 0 Å². The summed E-state index contributed by atoms with van der Waals surface area (Å²) in [5.41, 5.74) is 9.64. The molecule has 1 heterocycles. The standard InChI is InChI=1S/C11H16N2O/c1-13(2)11-5-3-4-8-9(11)6-14-7-10(8)12/h3-5,10H,6-7,12H2,1-2H3/t10-/m1/s1.